The molecule has 1 unspecified atom stereocenters. The van der Waals surface area contributed by atoms with Crippen LogP contribution in [0.5, 0.6) is 0 Å². The van der Waals surface area contributed by atoms with Gasteiger partial charge in [-0.1, -0.05) is 18.6 Å². The van der Waals surface area contributed by atoms with E-state index in [1.807, 2.05) is 36.5 Å². The van der Waals surface area contributed by atoms with Gasteiger partial charge in [0.15, 0.2) is 5.82 Å². The molecule has 0 bridgehead atoms. The van der Waals surface area contributed by atoms with E-state index < -0.39 is 0 Å². The maximum atomic E-state index is 12.7. The summed E-state index contributed by atoms with van der Waals surface area (Å²) in [6, 6.07) is 9.84. The molecule has 0 saturated heterocycles. The van der Waals surface area contributed by atoms with Gasteiger partial charge in [-0.3, -0.25) is 4.79 Å². The number of fused-ring (bicyclic) bond motifs is 1. The van der Waals surface area contributed by atoms with Gasteiger partial charge in [0.1, 0.15) is 0 Å². The molecule has 1 aromatic carbocycles. The lowest BCUT2D eigenvalue weighted by atomic mass is 10.0. The fourth-order valence-corrected chi connectivity index (χ4v) is 3.15. The van der Waals surface area contributed by atoms with Crippen molar-refractivity contribution in [2.24, 2.45) is 0 Å². The molecule has 2 aromatic heterocycles. The van der Waals surface area contributed by atoms with E-state index in [-0.39, 0.29) is 11.8 Å². The molecule has 4 rings (SSSR count). The number of hydrogen-bond donors (Lipinski definition) is 1. The lowest BCUT2D eigenvalue weighted by Gasteiger charge is -2.14. The summed E-state index contributed by atoms with van der Waals surface area (Å²) in [6.07, 6.45) is 6.39. The number of carbonyl (C=O) groups is 1. The molecule has 0 aliphatic carbocycles. The number of carbonyl (C=O) groups excluding carboxylic acids is 1. The number of aryl methyl sites for hydroxylation is 1. The first-order valence-corrected chi connectivity index (χ1v) is 8.44. The Hall–Kier alpha value is -3.03. The highest BCUT2D eigenvalue weighted by atomic mass is 16.1. The predicted octanol–water partition coefficient (Wildman–Crippen LogP) is 1.44. The van der Waals surface area contributed by atoms with Crippen LogP contribution in [0, 0.1) is 0 Å². The molecule has 1 N–H and O–H groups in total. The molecule has 1 aliphatic rings. The van der Waals surface area contributed by atoms with E-state index in [1.165, 1.54) is 0 Å². The van der Waals surface area contributed by atoms with Crippen molar-refractivity contribution in [2.45, 2.75) is 38.3 Å². The predicted molar refractivity (Wildman–Crippen MR) is 89.8 cm³/mol. The van der Waals surface area contributed by atoms with E-state index in [2.05, 4.69) is 25.9 Å². The Morgan fingerprint density at radius 2 is 2.24 bits per heavy atom. The fourth-order valence-electron chi connectivity index (χ4n) is 3.15. The molecule has 25 heavy (non-hydrogen) atoms. The standard InChI is InChI=1S/C17H19N7O/c25-17(15-7-1-2-9-24-16(15)20-21-22-24)18-12-13-5-3-6-14(11-13)23-10-4-8-19-23/h3-6,8,10-11,15H,1-2,7,9,12H2,(H,18,25). The van der Waals surface area contributed by atoms with E-state index in [1.54, 1.807) is 15.6 Å². The smallest absolute Gasteiger partial charge is 0.231 e. The second-order valence-electron chi connectivity index (χ2n) is 6.15. The average molecular weight is 337 g/mol. The molecule has 1 atom stereocenters. The maximum Gasteiger partial charge on any atom is 0.231 e. The van der Waals surface area contributed by atoms with Crippen LogP contribution >= 0.6 is 0 Å². The van der Waals surface area contributed by atoms with E-state index in [4.69, 9.17) is 0 Å². The highest BCUT2D eigenvalue weighted by Crippen LogP contribution is 2.24. The number of rotatable bonds is 4. The maximum absolute atomic E-state index is 12.7. The van der Waals surface area contributed by atoms with Gasteiger partial charge in [-0.2, -0.15) is 5.10 Å². The molecule has 1 amide bonds. The third-order valence-electron chi connectivity index (χ3n) is 4.45. The van der Waals surface area contributed by atoms with Crippen molar-refractivity contribution in [3.05, 3.63) is 54.1 Å². The van der Waals surface area contributed by atoms with Gasteiger partial charge in [-0.15, -0.1) is 5.10 Å². The monoisotopic (exact) mass is 337 g/mol. The Balaban J connectivity index is 1.45. The van der Waals surface area contributed by atoms with E-state index in [0.717, 1.165) is 37.1 Å². The van der Waals surface area contributed by atoms with Crippen molar-refractivity contribution in [2.75, 3.05) is 0 Å². The number of hydrogen-bond acceptors (Lipinski definition) is 5. The van der Waals surface area contributed by atoms with Gasteiger partial charge >= 0.3 is 0 Å². The van der Waals surface area contributed by atoms with Gasteiger partial charge in [-0.25, -0.2) is 9.36 Å². The zero-order chi connectivity index (χ0) is 17.1. The molecule has 8 nitrogen and oxygen atoms in total. The fraction of sp³-hybridized carbons (Fsp3) is 0.353. The van der Waals surface area contributed by atoms with E-state index >= 15 is 0 Å². The molecular weight excluding hydrogens is 318 g/mol. The number of benzene rings is 1. The summed E-state index contributed by atoms with van der Waals surface area (Å²) < 4.78 is 3.54. The Morgan fingerprint density at radius 1 is 1.28 bits per heavy atom. The quantitative estimate of drug-likeness (QED) is 0.778. The third-order valence-corrected chi connectivity index (χ3v) is 4.45. The largest absolute Gasteiger partial charge is 0.351 e. The Labute approximate surface area is 144 Å². The van der Waals surface area contributed by atoms with Crippen molar-refractivity contribution >= 4 is 5.91 Å². The average Bonchev–Trinajstić information content (AvgIpc) is 3.29. The third kappa shape index (κ3) is 3.28. The number of nitrogens with zero attached hydrogens (tertiary/aromatic N) is 6. The van der Waals surface area contributed by atoms with Gasteiger partial charge in [-0.05, 0) is 47.0 Å². The number of amides is 1. The SMILES string of the molecule is O=C(NCc1cccc(-n2cccn2)c1)C1CCCCn2nnnc21. The minimum Gasteiger partial charge on any atom is -0.351 e. The zero-order valence-electron chi connectivity index (χ0n) is 13.7. The number of nitrogens with one attached hydrogen (secondary N) is 1. The van der Waals surface area contributed by atoms with Crippen LogP contribution in [0.4, 0.5) is 0 Å². The minimum absolute atomic E-state index is 0.0255. The van der Waals surface area contributed by atoms with Crippen molar-refractivity contribution in [1.29, 1.82) is 0 Å². The van der Waals surface area contributed by atoms with Gasteiger partial charge in [0, 0.05) is 25.5 Å². The van der Waals surface area contributed by atoms with Crippen molar-refractivity contribution in [3.63, 3.8) is 0 Å². The molecule has 3 heterocycles. The molecule has 128 valence electrons. The van der Waals surface area contributed by atoms with Crippen LogP contribution in [0.25, 0.3) is 5.69 Å². The molecule has 1 aliphatic heterocycles. The van der Waals surface area contributed by atoms with Gasteiger partial charge in [0.05, 0.1) is 11.6 Å². The van der Waals surface area contributed by atoms with Gasteiger partial charge in [0.25, 0.3) is 0 Å². The molecular formula is C17H19N7O. The molecule has 0 radical (unpaired) electrons. The molecule has 0 fully saturated rings. The van der Waals surface area contributed by atoms with Gasteiger partial charge < -0.3 is 5.32 Å². The van der Waals surface area contributed by atoms with E-state index in [0.29, 0.717) is 12.4 Å². The summed E-state index contributed by atoms with van der Waals surface area (Å²) in [5, 5.41) is 19.0. The van der Waals surface area contributed by atoms with Crippen molar-refractivity contribution in [3.8, 4) is 5.69 Å². The van der Waals surface area contributed by atoms with Crippen LogP contribution in [0.1, 0.15) is 36.6 Å². The summed E-state index contributed by atoms with van der Waals surface area (Å²) in [5.41, 5.74) is 1.99. The van der Waals surface area contributed by atoms with E-state index in [9.17, 15) is 4.79 Å². The Kier molecular flexibility index (Phi) is 4.24. The lowest BCUT2D eigenvalue weighted by molar-refractivity contribution is -0.123. The van der Waals surface area contributed by atoms with Gasteiger partial charge in [0.2, 0.25) is 5.91 Å². The Bertz CT molecular complexity index is 856. The number of aromatic nitrogens is 6. The lowest BCUT2D eigenvalue weighted by Crippen LogP contribution is -2.30. The van der Waals surface area contributed by atoms with Crippen LogP contribution < -0.4 is 5.32 Å². The molecule has 3 aromatic rings. The first kappa shape index (κ1) is 15.5. The van der Waals surface area contributed by atoms with Crippen LogP contribution in [0.3, 0.4) is 0 Å². The summed E-state index contributed by atoms with van der Waals surface area (Å²) >= 11 is 0. The summed E-state index contributed by atoms with van der Waals surface area (Å²) in [4.78, 5) is 12.7. The second kappa shape index (κ2) is 6.84. The second-order valence-corrected chi connectivity index (χ2v) is 6.15. The molecule has 0 spiro atoms. The van der Waals surface area contributed by atoms with Crippen LogP contribution in [0.15, 0.2) is 42.7 Å². The topological polar surface area (TPSA) is 90.5 Å². The van der Waals surface area contributed by atoms with Crippen LogP contribution in [0.2, 0.25) is 0 Å². The summed E-state index contributed by atoms with van der Waals surface area (Å²) in [6.45, 7) is 1.24. The highest BCUT2D eigenvalue weighted by molar-refractivity contribution is 5.82. The van der Waals surface area contributed by atoms with Crippen molar-refractivity contribution in [1.82, 2.24) is 35.3 Å². The molecule has 0 saturated carbocycles. The summed E-state index contributed by atoms with van der Waals surface area (Å²) in [5.74, 6) is 0.356. The first-order chi connectivity index (χ1) is 12.3. The van der Waals surface area contributed by atoms with Crippen molar-refractivity contribution < 1.29 is 4.79 Å². The summed E-state index contributed by atoms with van der Waals surface area (Å²) in [7, 11) is 0. The zero-order valence-corrected chi connectivity index (χ0v) is 13.7. The normalized spacial score (nSPS) is 16.9. The Morgan fingerprint density at radius 3 is 3.12 bits per heavy atom. The molecule has 8 heteroatoms. The minimum atomic E-state index is -0.285. The van der Waals surface area contributed by atoms with Crippen LogP contribution in [-0.2, 0) is 17.9 Å². The highest BCUT2D eigenvalue weighted by Gasteiger charge is 2.28. The first-order valence-electron chi connectivity index (χ1n) is 8.44. The number of tetrazole rings is 1. The van der Waals surface area contributed by atoms with Crippen LogP contribution in [-0.4, -0.2) is 35.9 Å².